The summed E-state index contributed by atoms with van der Waals surface area (Å²) >= 11 is 3.30. The number of halogens is 1. The summed E-state index contributed by atoms with van der Waals surface area (Å²) in [7, 11) is 0. The van der Waals surface area contributed by atoms with Gasteiger partial charge in [-0.25, -0.2) is 4.98 Å². The number of anilines is 2. The standard InChI is InChI=1S/C16H13BrN6O/c1-9-2-3-11(20-6-9)7-21-15-12(5-18)14(22-16(19)23-15)13-4-10(17)8-24-13/h2-4,6,8H,7H2,1H3,(H3,19,21,22,23). The minimum atomic E-state index is 0.0517. The van der Waals surface area contributed by atoms with Crippen LogP contribution in [0.1, 0.15) is 16.8 Å². The largest absolute Gasteiger partial charge is 0.461 e. The van der Waals surface area contributed by atoms with Crippen molar-refractivity contribution in [1.82, 2.24) is 15.0 Å². The molecule has 0 aromatic carbocycles. The molecule has 24 heavy (non-hydrogen) atoms. The van der Waals surface area contributed by atoms with Crippen LogP contribution in [-0.4, -0.2) is 15.0 Å². The van der Waals surface area contributed by atoms with Gasteiger partial charge in [0.1, 0.15) is 23.6 Å². The van der Waals surface area contributed by atoms with Crippen molar-refractivity contribution in [2.24, 2.45) is 0 Å². The van der Waals surface area contributed by atoms with Crippen LogP contribution in [0.5, 0.6) is 0 Å². The Hall–Kier alpha value is -2.92. The summed E-state index contributed by atoms with van der Waals surface area (Å²) in [4.78, 5) is 12.6. The summed E-state index contributed by atoms with van der Waals surface area (Å²) in [6, 6.07) is 7.70. The van der Waals surface area contributed by atoms with Crippen LogP contribution in [-0.2, 0) is 6.54 Å². The number of furan rings is 1. The molecular formula is C16H13BrN6O. The predicted molar refractivity (Wildman–Crippen MR) is 92.9 cm³/mol. The number of nitrogens with one attached hydrogen (secondary N) is 1. The fraction of sp³-hybridized carbons (Fsp3) is 0.125. The maximum absolute atomic E-state index is 9.51. The molecule has 3 rings (SSSR count). The minimum absolute atomic E-state index is 0.0517. The minimum Gasteiger partial charge on any atom is -0.461 e. The van der Waals surface area contributed by atoms with Gasteiger partial charge in [0, 0.05) is 12.3 Å². The molecule has 0 saturated heterocycles. The average molecular weight is 385 g/mol. The van der Waals surface area contributed by atoms with Crippen molar-refractivity contribution in [2.75, 3.05) is 11.1 Å². The van der Waals surface area contributed by atoms with E-state index in [1.54, 1.807) is 12.3 Å². The van der Waals surface area contributed by atoms with E-state index < -0.39 is 0 Å². The summed E-state index contributed by atoms with van der Waals surface area (Å²) in [5.74, 6) is 0.829. The molecule has 0 spiro atoms. The Morgan fingerprint density at radius 1 is 1.38 bits per heavy atom. The van der Waals surface area contributed by atoms with Crippen LogP contribution in [0, 0.1) is 18.3 Å². The SMILES string of the molecule is Cc1ccc(CNc2nc(N)nc(-c3cc(Br)co3)c2C#N)nc1. The monoisotopic (exact) mass is 384 g/mol. The number of aromatic nitrogens is 3. The van der Waals surface area contributed by atoms with Gasteiger partial charge in [-0.05, 0) is 34.5 Å². The second kappa shape index (κ2) is 6.68. The Balaban J connectivity index is 1.94. The Morgan fingerprint density at radius 2 is 2.21 bits per heavy atom. The van der Waals surface area contributed by atoms with E-state index >= 15 is 0 Å². The Morgan fingerprint density at radius 3 is 2.83 bits per heavy atom. The van der Waals surface area contributed by atoms with Gasteiger partial charge in [-0.1, -0.05) is 6.07 Å². The van der Waals surface area contributed by atoms with Gasteiger partial charge in [0.25, 0.3) is 0 Å². The number of hydrogen-bond donors (Lipinski definition) is 2. The second-order valence-corrected chi connectivity index (χ2v) is 5.99. The number of nitrogens with two attached hydrogens (primary N) is 1. The highest BCUT2D eigenvalue weighted by Gasteiger charge is 2.17. The average Bonchev–Trinajstić information content (AvgIpc) is 3.00. The van der Waals surface area contributed by atoms with Crippen molar-refractivity contribution in [3.8, 4) is 17.5 Å². The van der Waals surface area contributed by atoms with Gasteiger partial charge in [0.05, 0.1) is 16.7 Å². The lowest BCUT2D eigenvalue weighted by Crippen LogP contribution is -2.09. The van der Waals surface area contributed by atoms with Gasteiger partial charge in [0.15, 0.2) is 11.6 Å². The highest BCUT2D eigenvalue weighted by Crippen LogP contribution is 2.29. The first-order chi connectivity index (χ1) is 11.6. The molecule has 7 nitrogen and oxygen atoms in total. The molecule has 120 valence electrons. The van der Waals surface area contributed by atoms with E-state index in [9.17, 15) is 5.26 Å². The third kappa shape index (κ3) is 3.36. The molecule has 0 fully saturated rings. The highest BCUT2D eigenvalue weighted by molar-refractivity contribution is 9.10. The van der Waals surface area contributed by atoms with Crippen molar-refractivity contribution >= 4 is 27.7 Å². The molecule has 0 saturated carbocycles. The van der Waals surface area contributed by atoms with Crippen LogP contribution >= 0.6 is 15.9 Å². The number of aryl methyl sites for hydroxylation is 1. The van der Waals surface area contributed by atoms with E-state index in [-0.39, 0.29) is 11.5 Å². The first-order valence-electron chi connectivity index (χ1n) is 7.04. The maximum atomic E-state index is 9.51. The van der Waals surface area contributed by atoms with Gasteiger partial charge in [0.2, 0.25) is 5.95 Å². The first kappa shape index (κ1) is 16.0. The molecule has 3 N–H and O–H groups in total. The van der Waals surface area contributed by atoms with Gasteiger partial charge < -0.3 is 15.5 Å². The second-order valence-electron chi connectivity index (χ2n) is 5.08. The Bertz CT molecular complexity index is 913. The van der Waals surface area contributed by atoms with Crippen molar-refractivity contribution in [3.05, 3.63) is 52.0 Å². The Labute approximate surface area is 146 Å². The van der Waals surface area contributed by atoms with Crippen molar-refractivity contribution in [3.63, 3.8) is 0 Å². The van der Waals surface area contributed by atoms with E-state index in [1.807, 2.05) is 19.1 Å². The molecule has 0 aliphatic heterocycles. The van der Waals surface area contributed by atoms with Crippen LogP contribution < -0.4 is 11.1 Å². The van der Waals surface area contributed by atoms with Gasteiger partial charge in [-0.3, -0.25) is 4.98 Å². The summed E-state index contributed by atoms with van der Waals surface area (Å²) in [5.41, 5.74) is 8.28. The molecule has 3 aromatic rings. The normalized spacial score (nSPS) is 10.4. The molecule has 3 aromatic heterocycles. The fourth-order valence-electron chi connectivity index (χ4n) is 2.10. The molecule has 0 amide bonds. The molecule has 0 aliphatic rings. The molecular weight excluding hydrogens is 372 g/mol. The number of pyridine rings is 1. The van der Waals surface area contributed by atoms with Crippen LogP contribution in [0.4, 0.5) is 11.8 Å². The lowest BCUT2D eigenvalue weighted by atomic mass is 10.2. The number of nitrogen functional groups attached to an aromatic ring is 1. The zero-order valence-corrected chi connectivity index (χ0v) is 14.3. The van der Waals surface area contributed by atoms with Gasteiger partial charge >= 0.3 is 0 Å². The van der Waals surface area contributed by atoms with E-state index in [2.05, 4.69) is 42.3 Å². The first-order valence-corrected chi connectivity index (χ1v) is 7.83. The van der Waals surface area contributed by atoms with Crippen LogP contribution in [0.3, 0.4) is 0 Å². The zero-order chi connectivity index (χ0) is 17.1. The summed E-state index contributed by atoms with van der Waals surface area (Å²) in [5, 5.41) is 12.6. The number of nitrogens with zero attached hydrogens (tertiary/aromatic N) is 4. The van der Waals surface area contributed by atoms with Gasteiger partial charge in [-0.15, -0.1) is 0 Å². The van der Waals surface area contributed by atoms with Crippen LogP contribution in [0.25, 0.3) is 11.5 Å². The maximum Gasteiger partial charge on any atom is 0.222 e. The van der Waals surface area contributed by atoms with Gasteiger partial charge in [-0.2, -0.15) is 10.2 Å². The lowest BCUT2D eigenvalue weighted by Gasteiger charge is -2.10. The number of rotatable bonds is 4. The zero-order valence-electron chi connectivity index (χ0n) is 12.7. The third-order valence-corrected chi connectivity index (χ3v) is 3.66. The van der Waals surface area contributed by atoms with Crippen LogP contribution in [0.15, 0.2) is 39.5 Å². The summed E-state index contributed by atoms with van der Waals surface area (Å²) < 4.78 is 6.14. The molecule has 0 aliphatic carbocycles. The molecule has 3 heterocycles. The highest BCUT2D eigenvalue weighted by atomic mass is 79.9. The van der Waals surface area contributed by atoms with E-state index in [4.69, 9.17) is 10.2 Å². The van der Waals surface area contributed by atoms with Crippen molar-refractivity contribution in [2.45, 2.75) is 13.5 Å². The summed E-state index contributed by atoms with van der Waals surface area (Å²) in [6.07, 6.45) is 3.29. The van der Waals surface area contributed by atoms with E-state index in [1.165, 1.54) is 6.26 Å². The Kier molecular flexibility index (Phi) is 4.44. The third-order valence-electron chi connectivity index (χ3n) is 3.25. The van der Waals surface area contributed by atoms with E-state index in [0.29, 0.717) is 23.8 Å². The molecule has 8 heteroatoms. The van der Waals surface area contributed by atoms with E-state index in [0.717, 1.165) is 15.7 Å². The molecule has 0 atom stereocenters. The van der Waals surface area contributed by atoms with Crippen molar-refractivity contribution < 1.29 is 4.42 Å². The molecule has 0 bridgehead atoms. The molecule has 0 radical (unpaired) electrons. The summed E-state index contributed by atoms with van der Waals surface area (Å²) in [6.45, 7) is 2.38. The topological polar surface area (TPSA) is 114 Å². The van der Waals surface area contributed by atoms with Crippen LogP contribution in [0.2, 0.25) is 0 Å². The fourth-order valence-corrected chi connectivity index (χ4v) is 2.41. The lowest BCUT2D eigenvalue weighted by molar-refractivity contribution is 0.578. The predicted octanol–water partition coefficient (Wildman–Crippen LogP) is 3.27. The quantitative estimate of drug-likeness (QED) is 0.709. The van der Waals surface area contributed by atoms with Crippen molar-refractivity contribution in [1.29, 1.82) is 5.26 Å². The number of nitriles is 1. The number of hydrogen-bond acceptors (Lipinski definition) is 7. The smallest absolute Gasteiger partial charge is 0.222 e. The molecule has 0 unspecified atom stereocenters.